The van der Waals surface area contributed by atoms with Gasteiger partial charge in [0.1, 0.15) is 36.4 Å². The highest BCUT2D eigenvalue weighted by Gasteiger charge is 2.49. The van der Waals surface area contributed by atoms with E-state index in [0.29, 0.717) is 50.5 Å². The van der Waals surface area contributed by atoms with Crippen molar-refractivity contribution < 1.29 is 32.7 Å². The molecule has 5 atom stereocenters. The number of nitrogens with zero attached hydrogens (tertiary/aromatic N) is 3. The number of aromatic nitrogens is 3. The highest BCUT2D eigenvalue weighted by molar-refractivity contribution is 7.84. The van der Waals surface area contributed by atoms with Crippen molar-refractivity contribution in [1.29, 1.82) is 0 Å². The summed E-state index contributed by atoms with van der Waals surface area (Å²) >= 11 is 6.73. The van der Waals surface area contributed by atoms with Gasteiger partial charge in [0.25, 0.3) is 0 Å². The van der Waals surface area contributed by atoms with Crippen LogP contribution in [0.25, 0.3) is 33.5 Å². The fourth-order valence-electron chi connectivity index (χ4n) is 5.34. The molecule has 0 radical (unpaired) electrons. The number of imidazole rings is 1. The van der Waals surface area contributed by atoms with Crippen molar-refractivity contribution in [2.75, 3.05) is 26.1 Å². The number of rotatable bonds is 10. The zero-order chi connectivity index (χ0) is 31.2. The first-order chi connectivity index (χ1) is 21.0. The van der Waals surface area contributed by atoms with Crippen molar-refractivity contribution in [3.63, 3.8) is 0 Å². The Labute approximate surface area is 263 Å². The number of halogens is 2. The summed E-state index contributed by atoms with van der Waals surface area (Å²) < 4.78 is 52.2. The molecule has 9 nitrogen and oxygen atoms in total. The van der Waals surface area contributed by atoms with Crippen molar-refractivity contribution in [2.45, 2.75) is 61.7 Å². The lowest BCUT2D eigenvalue weighted by Crippen LogP contribution is -2.35. The monoisotopic (exact) mass is 659 g/mol. The lowest BCUT2D eigenvalue weighted by Gasteiger charge is -2.19. The molecular formula is C31H35ClFN3O6SSi. The highest BCUT2D eigenvalue weighted by Crippen LogP contribution is 2.35. The molecule has 2 aromatic heterocycles. The minimum absolute atomic E-state index is 0.173. The van der Waals surface area contributed by atoms with Crippen LogP contribution in [0.15, 0.2) is 53.4 Å². The maximum Gasteiger partial charge on any atom is 0.301 e. The predicted molar refractivity (Wildman–Crippen MR) is 170 cm³/mol. The van der Waals surface area contributed by atoms with E-state index in [1.54, 1.807) is 34.9 Å². The highest BCUT2D eigenvalue weighted by atomic mass is 35.5. The van der Waals surface area contributed by atoms with E-state index in [2.05, 4.69) is 19.6 Å². The van der Waals surface area contributed by atoms with Crippen molar-refractivity contribution in [3.8, 4) is 28.4 Å². The molecule has 2 saturated heterocycles. The summed E-state index contributed by atoms with van der Waals surface area (Å²) in [5, 5.41) is 10.6. The number of pyridine rings is 1. The standard InChI is InChI=1S/C31H35ClFN3O6SSi/c1-43(38)20-9-10-21(23(33)13-20)18-5-7-19(8-6-18)27-22(32)14-24-30(35-27)36(17-39-11-12-44(2,3)4)31(34-24)42-26-16-41-28-25(37)15-40-29(26)28/h5-10,13-14,25-26,28-29,37H,11-12,15-17H2,1-4H3/t25-,26-,28-,29-,43?/m1/s1. The zero-order valence-corrected chi connectivity index (χ0v) is 27.5. The second-order valence-corrected chi connectivity index (χ2v) is 19.7. The minimum Gasteiger partial charge on any atom is -0.456 e. The van der Waals surface area contributed by atoms with Crippen LogP contribution in [0, 0.1) is 5.82 Å². The Bertz CT molecular complexity index is 1700. The van der Waals surface area contributed by atoms with E-state index in [1.165, 1.54) is 12.3 Å². The third-order valence-corrected chi connectivity index (χ3v) is 10.7. The maximum atomic E-state index is 14.8. The number of aliphatic hydroxyl groups is 1. The van der Waals surface area contributed by atoms with Gasteiger partial charge < -0.3 is 24.1 Å². The van der Waals surface area contributed by atoms with Gasteiger partial charge in [0.2, 0.25) is 0 Å². The molecule has 13 heteroatoms. The molecule has 2 aliphatic heterocycles. The molecule has 2 aromatic carbocycles. The van der Waals surface area contributed by atoms with Crippen LogP contribution >= 0.6 is 11.6 Å². The van der Waals surface area contributed by atoms with Gasteiger partial charge in [-0.2, -0.15) is 4.98 Å². The largest absolute Gasteiger partial charge is 0.456 e. The van der Waals surface area contributed by atoms with E-state index in [0.717, 1.165) is 11.6 Å². The number of benzene rings is 2. The van der Waals surface area contributed by atoms with Crippen molar-refractivity contribution >= 4 is 41.6 Å². The molecule has 6 rings (SSSR count). The Morgan fingerprint density at radius 3 is 2.50 bits per heavy atom. The number of fused-ring (bicyclic) bond motifs is 2. The molecular weight excluding hydrogens is 625 g/mol. The van der Waals surface area contributed by atoms with Gasteiger partial charge >= 0.3 is 6.01 Å². The summed E-state index contributed by atoms with van der Waals surface area (Å²) in [5.74, 6) is -0.440. The van der Waals surface area contributed by atoms with Gasteiger partial charge in [-0.05, 0) is 29.8 Å². The third-order valence-electron chi connectivity index (χ3n) is 7.84. The molecule has 0 amide bonds. The smallest absolute Gasteiger partial charge is 0.301 e. The van der Waals surface area contributed by atoms with E-state index in [-0.39, 0.29) is 19.9 Å². The first-order valence-corrected chi connectivity index (χ1v) is 20.1. The summed E-state index contributed by atoms with van der Waals surface area (Å²) in [4.78, 5) is 10.0. The average molecular weight is 660 g/mol. The first-order valence-electron chi connectivity index (χ1n) is 14.4. The molecule has 234 valence electrons. The molecule has 0 bridgehead atoms. The number of aliphatic hydroxyl groups excluding tert-OH is 1. The van der Waals surface area contributed by atoms with E-state index in [1.807, 2.05) is 12.1 Å². The zero-order valence-electron chi connectivity index (χ0n) is 25.0. The van der Waals surface area contributed by atoms with Crippen LogP contribution in [0.1, 0.15) is 0 Å². The lowest BCUT2D eigenvalue weighted by atomic mass is 10.0. The van der Waals surface area contributed by atoms with Crippen LogP contribution in [0.3, 0.4) is 0 Å². The summed E-state index contributed by atoms with van der Waals surface area (Å²) in [5.41, 5.74) is 3.43. The van der Waals surface area contributed by atoms with Gasteiger partial charge in [-0.1, -0.05) is 61.6 Å². The molecule has 44 heavy (non-hydrogen) atoms. The Morgan fingerprint density at radius 2 is 1.80 bits per heavy atom. The predicted octanol–water partition coefficient (Wildman–Crippen LogP) is 5.51. The van der Waals surface area contributed by atoms with Crippen molar-refractivity contribution in [2.24, 2.45) is 0 Å². The van der Waals surface area contributed by atoms with Crippen LogP contribution in [0.4, 0.5) is 4.39 Å². The topological polar surface area (TPSA) is 105 Å². The molecule has 4 heterocycles. The molecule has 1 unspecified atom stereocenters. The maximum absolute atomic E-state index is 14.8. The molecule has 4 aromatic rings. The van der Waals surface area contributed by atoms with Gasteiger partial charge in [-0.25, -0.2) is 9.37 Å². The van der Waals surface area contributed by atoms with Gasteiger partial charge in [-0.15, -0.1) is 0 Å². The van der Waals surface area contributed by atoms with Crippen molar-refractivity contribution in [3.05, 3.63) is 59.4 Å². The van der Waals surface area contributed by atoms with E-state index >= 15 is 0 Å². The van der Waals surface area contributed by atoms with Crippen molar-refractivity contribution in [1.82, 2.24) is 14.5 Å². The molecule has 0 spiro atoms. The van der Waals surface area contributed by atoms with Gasteiger partial charge in [0.05, 0.1) is 23.9 Å². The van der Waals surface area contributed by atoms with Crippen LogP contribution in [0.5, 0.6) is 6.01 Å². The Balaban J connectivity index is 1.31. The van der Waals surface area contributed by atoms with E-state index < -0.39 is 49.1 Å². The molecule has 2 fully saturated rings. The van der Waals surface area contributed by atoms with E-state index in [9.17, 15) is 13.7 Å². The number of hydrogen-bond donors (Lipinski definition) is 1. The average Bonchev–Trinajstić information content (AvgIpc) is 3.65. The summed E-state index contributed by atoms with van der Waals surface area (Å²) in [6.07, 6.45) is -0.462. The Morgan fingerprint density at radius 1 is 1.07 bits per heavy atom. The fraction of sp³-hybridized carbons (Fsp3) is 0.419. The third kappa shape index (κ3) is 6.48. The van der Waals surface area contributed by atoms with Crippen LogP contribution in [-0.4, -0.2) is 82.4 Å². The van der Waals surface area contributed by atoms with Crippen LogP contribution < -0.4 is 4.74 Å². The van der Waals surface area contributed by atoms with Crippen LogP contribution in [-0.2, 0) is 31.7 Å². The second-order valence-electron chi connectivity index (χ2n) is 12.3. The Kier molecular flexibility index (Phi) is 8.95. The SMILES string of the molecule is CS(=O)c1ccc(-c2ccc(-c3nc4c(cc3Cl)nc(O[C@@H]3CO[C@H]5[C@@H]3OC[C@H]5O)n4COCC[Si](C)(C)C)cc2)c(F)c1. The summed E-state index contributed by atoms with van der Waals surface area (Å²) in [6, 6.07) is 14.9. The normalized spacial score (nSPS) is 22.4. The number of hydrogen-bond acceptors (Lipinski definition) is 8. The quantitative estimate of drug-likeness (QED) is 0.176. The van der Waals surface area contributed by atoms with Gasteiger partial charge in [0, 0.05) is 47.8 Å². The van der Waals surface area contributed by atoms with Crippen LogP contribution in [0.2, 0.25) is 30.7 Å². The molecule has 0 aliphatic carbocycles. The molecule has 1 N–H and O–H groups in total. The first kappa shape index (κ1) is 31.3. The van der Waals surface area contributed by atoms with E-state index in [4.69, 9.17) is 40.5 Å². The minimum atomic E-state index is -1.31. The van der Waals surface area contributed by atoms with Gasteiger partial charge in [-0.3, -0.25) is 8.78 Å². The Hall–Kier alpha value is -2.71. The van der Waals surface area contributed by atoms with Gasteiger partial charge in [0.15, 0.2) is 11.8 Å². The second kappa shape index (κ2) is 12.6. The molecule has 2 aliphatic rings. The summed E-state index contributed by atoms with van der Waals surface area (Å²) in [7, 11) is -2.57. The number of ether oxygens (including phenoxy) is 4. The molecule has 0 saturated carbocycles. The summed E-state index contributed by atoms with van der Waals surface area (Å²) in [6.45, 7) is 8.10. The fourth-order valence-corrected chi connectivity index (χ4v) is 6.88. The lowest BCUT2D eigenvalue weighted by molar-refractivity contribution is 0.00336.